The topological polar surface area (TPSA) is 97.5 Å². The molecule has 0 spiro atoms. The summed E-state index contributed by atoms with van der Waals surface area (Å²) in [7, 11) is 0. The van der Waals surface area contributed by atoms with Crippen LogP contribution >= 0.6 is 0 Å². The van der Waals surface area contributed by atoms with Gasteiger partial charge in [-0.3, -0.25) is 0 Å². The molecule has 1 N–H and O–H groups in total. The van der Waals surface area contributed by atoms with Crippen LogP contribution in [0.4, 0.5) is 17.3 Å². The van der Waals surface area contributed by atoms with E-state index in [0.29, 0.717) is 17.2 Å². The van der Waals surface area contributed by atoms with Crippen molar-refractivity contribution in [1.29, 1.82) is 5.26 Å². The number of aromatic nitrogens is 1. The second-order valence-corrected chi connectivity index (χ2v) is 5.62. The van der Waals surface area contributed by atoms with Gasteiger partial charge in [0.25, 0.3) is 0 Å². The summed E-state index contributed by atoms with van der Waals surface area (Å²) in [6.45, 7) is 2.00. The third-order valence-electron chi connectivity index (χ3n) is 4.03. The molecule has 0 bridgehead atoms. The maximum atomic E-state index is 9.59. The van der Waals surface area contributed by atoms with Crippen LogP contribution < -0.4 is 5.32 Å². The first-order valence-electron chi connectivity index (χ1n) is 7.57. The lowest BCUT2D eigenvalue weighted by atomic mass is 9.89. The highest BCUT2D eigenvalue weighted by Crippen LogP contribution is 2.35. The summed E-state index contributed by atoms with van der Waals surface area (Å²) < 4.78 is 0. The van der Waals surface area contributed by atoms with Crippen molar-refractivity contribution >= 4 is 17.3 Å². The van der Waals surface area contributed by atoms with E-state index in [1.165, 1.54) is 0 Å². The summed E-state index contributed by atoms with van der Waals surface area (Å²) in [5.74, 6) is 0.845. The quantitative estimate of drug-likeness (QED) is 0.499. The number of nitriles is 1. The lowest BCUT2D eigenvalue weighted by Crippen LogP contribution is -2.10. The van der Waals surface area contributed by atoms with Crippen LogP contribution in [0, 0.1) is 18.3 Å². The Morgan fingerprint density at radius 1 is 1.30 bits per heavy atom. The van der Waals surface area contributed by atoms with Gasteiger partial charge in [0.05, 0.1) is 5.56 Å². The van der Waals surface area contributed by atoms with Gasteiger partial charge in [0.15, 0.2) is 0 Å². The monoisotopic (exact) mass is 304 g/mol. The fourth-order valence-corrected chi connectivity index (χ4v) is 3.00. The van der Waals surface area contributed by atoms with Gasteiger partial charge in [0.2, 0.25) is 0 Å². The van der Waals surface area contributed by atoms with Gasteiger partial charge < -0.3 is 5.32 Å². The van der Waals surface area contributed by atoms with Crippen molar-refractivity contribution in [3.05, 3.63) is 57.0 Å². The number of hydrogen-bond donors (Lipinski definition) is 1. The molecule has 0 saturated carbocycles. The maximum absolute atomic E-state index is 9.59. The first-order chi connectivity index (χ1) is 11.2. The number of nitrogens with one attached hydrogen (secondary N) is 1. The first kappa shape index (κ1) is 14.9. The lowest BCUT2D eigenvalue weighted by Gasteiger charge is -2.21. The van der Waals surface area contributed by atoms with E-state index < -0.39 is 0 Å². The van der Waals surface area contributed by atoms with Gasteiger partial charge in [-0.05, 0) is 72.1 Å². The van der Waals surface area contributed by atoms with Crippen LogP contribution in [0.1, 0.15) is 35.1 Å². The molecule has 2 aromatic rings. The van der Waals surface area contributed by atoms with Crippen LogP contribution in [-0.4, -0.2) is 4.98 Å². The Kier molecular flexibility index (Phi) is 4.13. The first-order valence-corrected chi connectivity index (χ1v) is 7.57. The Bertz CT molecular complexity index is 843. The molecule has 6 heteroatoms. The van der Waals surface area contributed by atoms with Crippen molar-refractivity contribution in [3.8, 4) is 6.07 Å². The molecule has 1 aliphatic rings. The molecule has 0 radical (unpaired) electrons. The molecule has 6 nitrogen and oxygen atoms in total. The van der Waals surface area contributed by atoms with Gasteiger partial charge in [-0.1, -0.05) is 12.1 Å². The fraction of sp³-hybridized carbons (Fsp3) is 0.294. The van der Waals surface area contributed by atoms with Crippen molar-refractivity contribution in [2.24, 2.45) is 5.11 Å². The largest absolute Gasteiger partial charge is 0.339 e. The Morgan fingerprint density at radius 3 is 2.78 bits per heavy atom. The van der Waals surface area contributed by atoms with Crippen LogP contribution in [0.2, 0.25) is 0 Å². The molecule has 23 heavy (non-hydrogen) atoms. The van der Waals surface area contributed by atoms with Gasteiger partial charge in [-0.25, -0.2) is 4.98 Å². The molecule has 0 unspecified atom stereocenters. The number of benzene rings is 1. The number of hydrogen-bond acceptors (Lipinski definition) is 4. The standard InChI is InChI=1S/C17H16N6/c1-11-5-4-6-12(9-11)20-16-15(10-18)13-7-2-3-8-14(13)17(21-16)22-23-19/h4-6,9H,2-3,7-8H2,1H3,(H,20,21). The SMILES string of the molecule is Cc1cccc(Nc2nc(N=[N+]=[N-])c3c(c2C#N)CCCC3)c1. The van der Waals surface area contributed by atoms with Gasteiger partial charge >= 0.3 is 0 Å². The number of azide groups is 1. The molecule has 1 heterocycles. The van der Waals surface area contributed by atoms with E-state index in [0.717, 1.165) is 48.1 Å². The average molecular weight is 304 g/mol. The number of aryl methyl sites for hydroxylation is 1. The summed E-state index contributed by atoms with van der Waals surface area (Å²) in [5, 5.41) is 16.5. The molecule has 0 fully saturated rings. The normalized spacial score (nSPS) is 12.7. The smallest absolute Gasteiger partial charge is 0.149 e. The Balaban J connectivity index is 2.14. The number of rotatable bonds is 3. The van der Waals surface area contributed by atoms with E-state index in [2.05, 4.69) is 26.4 Å². The average Bonchev–Trinajstić information content (AvgIpc) is 2.55. The highest BCUT2D eigenvalue weighted by atomic mass is 15.2. The van der Waals surface area contributed by atoms with Crippen LogP contribution in [0.3, 0.4) is 0 Å². The number of anilines is 2. The van der Waals surface area contributed by atoms with Crippen molar-refractivity contribution in [1.82, 2.24) is 4.98 Å². The predicted octanol–water partition coefficient (Wildman–Crippen LogP) is 4.83. The van der Waals surface area contributed by atoms with E-state index in [1.54, 1.807) is 0 Å². The summed E-state index contributed by atoms with van der Waals surface area (Å²) in [5.41, 5.74) is 13.2. The van der Waals surface area contributed by atoms with Gasteiger partial charge in [-0.15, -0.1) is 0 Å². The third kappa shape index (κ3) is 2.96. The summed E-state index contributed by atoms with van der Waals surface area (Å²) in [6, 6.07) is 10.1. The van der Waals surface area contributed by atoms with Crippen molar-refractivity contribution < 1.29 is 0 Å². The van der Waals surface area contributed by atoms with Gasteiger partial charge in [-0.2, -0.15) is 5.26 Å². The fourth-order valence-electron chi connectivity index (χ4n) is 3.00. The highest BCUT2D eigenvalue weighted by Gasteiger charge is 2.21. The van der Waals surface area contributed by atoms with Crippen LogP contribution in [0.5, 0.6) is 0 Å². The molecule has 0 saturated heterocycles. The zero-order valence-corrected chi connectivity index (χ0v) is 12.9. The zero-order chi connectivity index (χ0) is 16.2. The number of fused-ring (bicyclic) bond motifs is 1. The minimum absolute atomic E-state index is 0.386. The number of nitrogens with zero attached hydrogens (tertiary/aromatic N) is 5. The lowest BCUT2D eigenvalue weighted by molar-refractivity contribution is 0.681. The summed E-state index contributed by atoms with van der Waals surface area (Å²) in [6.07, 6.45) is 3.68. The molecule has 1 aliphatic carbocycles. The Hall–Kier alpha value is -3.03. The number of pyridine rings is 1. The van der Waals surface area contributed by atoms with E-state index in [1.807, 2.05) is 31.2 Å². The molecule has 3 rings (SSSR count). The molecule has 0 atom stereocenters. The molecule has 0 aliphatic heterocycles. The molecular formula is C17H16N6. The Labute approximate surface area is 134 Å². The van der Waals surface area contributed by atoms with E-state index in [-0.39, 0.29) is 0 Å². The summed E-state index contributed by atoms with van der Waals surface area (Å²) >= 11 is 0. The van der Waals surface area contributed by atoms with Crippen LogP contribution in [-0.2, 0) is 12.8 Å². The van der Waals surface area contributed by atoms with E-state index in [4.69, 9.17) is 5.53 Å². The van der Waals surface area contributed by atoms with Gasteiger partial charge in [0, 0.05) is 10.6 Å². The zero-order valence-electron chi connectivity index (χ0n) is 12.9. The van der Waals surface area contributed by atoms with Gasteiger partial charge in [0.1, 0.15) is 17.7 Å². The van der Waals surface area contributed by atoms with E-state index >= 15 is 0 Å². The maximum Gasteiger partial charge on any atom is 0.149 e. The Morgan fingerprint density at radius 2 is 2.09 bits per heavy atom. The van der Waals surface area contributed by atoms with Crippen LogP contribution in [0.25, 0.3) is 10.4 Å². The second kappa shape index (κ2) is 6.39. The predicted molar refractivity (Wildman–Crippen MR) is 88.9 cm³/mol. The molecule has 0 amide bonds. The van der Waals surface area contributed by atoms with E-state index in [9.17, 15) is 5.26 Å². The molecule has 1 aromatic heterocycles. The molecule has 1 aromatic carbocycles. The van der Waals surface area contributed by atoms with Crippen molar-refractivity contribution in [3.63, 3.8) is 0 Å². The minimum Gasteiger partial charge on any atom is -0.339 e. The van der Waals surface area contributed by atoms with Crippen LogP contribution in [0.15, 0.2) is 29.4 Å². The molecule has 114 valence electrons. The minimum atomic E-state index is 0.386. The molecular weight excluding hydrogens is 288 g/mol. The van der Waals surface area contributed by atoms with Crippen molar-refractivity contribution in [2.75, 3.05) is 5.32 Å². The highest BCUT2D eigenvalue weighted by molar-refractivity contribution is 5.69. The second-order valence-electron chi connectivity index (χ2n) is 5.62. The summed E-state index contributed by atoms with van der Waals surface area (Å²) in [4.78, 5) is 7.30. The van der Waals surface area contributed by atoms with Crippen molar-refractivity contribution in [2.45, 2.75) is 32.6 Å². The third-order valence-corrected chi connectivity index (χ3v) is 4.03.